The van der Waals surface area contributed by atoms with Crippen molar-refractivity contribution in [2.45, 2.75) is 24.7 Å². The highest BCUT2D eigenvalue weighted by molar-refractivity contribution is 7.86. The normalized spacial score (nSPS) is 11.0. The van der Waals surface area contributed by atoms with E-state index in [2.05, 4.69) is 9.22 Å². The Hall–Kier alpha value is -2.71. The zero-order valence-electron chi connectivity index (χ0n) is 14.1. The Morgan fingerprint density at radius 3 is 2.04 bits per heavy atom. The molecule has 2 aromatic carbocycles. The van der Waals surface area contributed by atoms with Crippen molar-refractivity contribution in [2.75, 3.05) is 6.61 Å². The maximum absolute atomic E-state index is 11.9. The summed E-state index contributed by atoms with van der Waals surface area (Å²) in [6, 6.07) is 12.7. The van der Waals surface area contributed by atoms with Crippen molar-refractivity contribution < 1.29 is 32.0 Å². The first kappa shape index (κ1) is 19.6. The van der Waals surface area contributed by atoms with E-state index < -0.39 is 22.1 Å². The van der Waals surface area contributed by atoms with Gasteiger partial charge >= 0.3 is 22.1 Å². The molecule has 2 rings (SSSR count). The third kappa shape index (κ3) is 5.40. The number of esters is 1. The molecule has 0 saturated carbocycles. The van der Waals surface area contributed by atoms with E-state index in [0.29, 0.717) is 6.61 Å². The van der Waals surface area contributed by atoms with Crippen LogP contribution in [0, 0.1) is 0 Å². The zero-order valence-corrected chi connectivity index (χ0v) is 14.9. The number of ether oxygens (including phenoxy) is 1. The molecule has 0 aromatic heterocycles. The molecule has 0 radical (unpaired) electrons. The molecular formula is C18H18O7S. The second-order valence-electron chi connectivity index (χ2n) is 5.27. The van der Waals surface area contributed by atoms with Crippen molar-refractivity contribution in [1.29, 1.82) is 0 Å². The minimum Gasteiger partial charge on any atom is -0.462 e. The number of hydrogen-bond donors (Lipinski definition) is 0. The molecule has 0 N–H and O–H groups in total. The smallest absolute Gasteiger partial charge is 0.374 e. The minimum atomic E-state index is -4.21. The Morgan fingerprint density at radius 2 is 1.46 bits per heavy atom. The molecule has 8 heteroatoms. The van der Waals surface area contributed by atoms with Gasteiger partial charge in [0.2, 0.25) is 0 Å². The van der Waals surface area contributed by atoms with Gasteiger partial charge in [0, 0.05) is 0 Å². The standard InChI is InChI=1S/C18H18O7S/c1-2-3-13-23-17(19)14-9-11-15(12-10-14)18(20)24-25-26(21,22)16-7-5-4-6-8-16/h4-12H,2-3,13H2,1H3. The second kappa shape index (κ2) is 9.12. The number of hydrogen-bond acceptors (Lipinski definition) is 7. The Morgan fingerprint density at radius 1 is 0.885 bits per heavy atom. The average Bonchev–Trinajstić information content (AvgIpc) is 2.67. The maximum atomic E-state index is 11.9. The van der Waals surface area contributed by atoms with Crippen molar-refractivity contribution in [1.82, 2.24) is 0 Å². The fourth-order valence-corrected chi connectivity index (χ4v) is 2.61. The molecule has 0 bridgehead atoms. The maximum Gasteiger partial charge on any atom is 0.374 e. The van der Waals surface area contributed by atoms with Crippen LogP contribution in [-0.4, -0.2) is 27.0 Å². The van der Waals surface area contributed by atoms with Crippen LogP contribution in [0.15, 0.2) is 59.5 Å². The molecule has 0 atom stereocenters. The van der Waals surface area contributed by atoms with Gasteiger partial charge in [0.05, 0.1) is 22.6 Å². The summed E-state index contributed by atoms with van der Waals surface area (Å²) in [5.74, 6) is -1.50. The molecule has 0 fully saturated rings. The lowest BCUT2D eigenvalue weighted by Gasteiger charge is -2.06. The zero-order chi connectivity index (χ0) is 19.0. The topological polar surface area (TPSA) is 96.0 Å². The van der Waals surface area contributed by atoms with Crippen molar-refractivity contribution in [3.05, 3.63) is 65.7 Å². The molecule has 0 aliphatic heterocycles. The van der Waals surface area contributed by atoms with E-state index in [1.165, 1.54) is 48.5 Å². The summed E-state index contributed by atoms with van der Waals surface area (Å²) in [5, 5.41) is 0. The van der Waals surface area contributed by atoms with Gasteiger partial charge in [0.15, 0.2) is 0 Å². The van der Waals surface area contributed by atoms with Crippen LogP contribution in [0.25, 0.3) is 0 Å². The Labute approximate surface area is 151 Å². The molecule has 26 heavy (non-hydrogen) atoms. The van der Waals surface area contributed by atoms with Gasteiger partial charge in [0.1, 0.15) is 0 Å². The lowest BCUT2D eigenvalue weighted by Crippen LogP contribution is -2.13. The van der Waals surface area contributed by atoms with Crippen molar-refractivity contribution in [2.24, 2.45) is 0 Å². The Kier molecular flexibility index (Phi) is 6.88. The van der Waals surface area contributed by atoms with Gasteiger partial charge in [-0.3, -0.25) is 4.89 Å². The van der Waals surface area contributed by atoms with E-state index in [1.807, 2.05) is 6.92 Å². The van der Waals surface area contributed by atoms with E-state index in [0.717, 1.165) is 12.8 Å². The lowest BCUT2D eigenvalue weighted by atomic mass is 10.1. The van der Waals surface area contributed by atoms with E-state index in [4.69, 9.17) is 4.74 Å². The largest absolute Gasteiger partial charge is 0.462 e. The summed E-state index contributed by atoms with van der Waals surface area (Å²) < 4.78 is 33.1. The van der Waals surface area contributed by atoms with Gasteiger partial charge in [-0.05, 0) is 47.2 Å². The van der Waals surface area contributed by atoms with Gasteiger partial charge < -0.3 is 4.74 Å². The van der Waals surface area contributed by atoms with Gasteiger partial charge in [-0.25, -0.2) is 9.59 Å². The van der Waals surface area contributed by atoms with Crippen LogP contribution in [0.3, 0.4) is 0 Å². The number of benzene rings is 2. The van der Waals surface area contributed by atoms with Crippen molar-refractivity contribution >= 4 is 22.1 Å². The van der Waals surface area contributed by atoms with Crippen LogP contribution in [0.4, 0.5) is 0 Å². The first-order chi connectivity index (χ1) is 12.4. The molecular weight excluding hydrogens is 360 g/mol. The molecule has 0 heterocycles. The molecule has 0 amide bonds. The average molecular weight is 378 g/mol. The third-order valence-corrected chi connectivity index (χ3v) is 4.42. The Bertz CT molecular complexity index is 843. The quantitative estimate of drug-likeness (QED) is 0.301. The van der Waals surface area contributed by atoms with Gasteiger partial charge in [0.25, 0.3) is 0 Å². The highest BCUT2D eigenvalue weighted by atomic mass is 32.2. The first-order valence-electron chi connectivity index (χ1n) is 7.92. The van der Waals surface area contributed by atoms with Crippen LogP contribution in [0.2, 0.25) is 0 Å². The number of unbranched alkanes of at least 4 members (excludes halogenated alkanes) is 1. The molecule has 0 saturated heterocycles. The predicted molar refractivity (Wildman–Crippen MR) is 91.8 cm³/mol. The summed E-state index contributed by atoms with van der Waals surface area (Å²) in [5.41, 5.74) is 0.300. The second-order valence-corrected chi connectivity index (χ2v) is 6.79. The number of carbonyl (C=O) groups is 2. The van der Waals surface area contributed by atoms with Crippen LogP contribution in [0.1, 0.15) is 40.5 Å². The van der Waals surface area contributed by atoms with E-state index in [1.54, 1.807) is 6.07 Å². The molecule has 7 nitrogen and oxygen atoms in total. The van der Waals surface area contributed by atoms with Crippen LogP contribution in [0.5, 0.6) is 0 Å². The fraction of sp³-hybridized carbons (Fsp3) is 0.222. The lowest BCUT2D eigenvalue weighted by molar-refractivity contribution is -0.144. The van der Waals surface area contributed by atoms with Crippen molar-refractivity contribution in [3.8, 4) is 0 Å². The van der Waals surface area contributed by atoms with Gasteiger partial charge in [-0.1, -0.05) is 31.5 Å². The summed E-state index contributed by atoms with van der Waals surface area (Å²) in [7, 11) is -4.21. The predicted octanol–water partition coefficient (Wildman–Crippen LogP) is 3.12. The molecule has 0 spiro atoms. The number of carbonyl (C=O) groups excluding carboxylic acids is 2. The molecule has 0 aliphatic rings. The van der Waals surface area contributed by atoms with Gasteiger partial charge in [-0.15, -0.1) is 0 Å². The molecule has 0 unspecified atom stereocenters. The van der Waals surface area contributed by atoms with Crippen LogP contribution >= 0.6 is 0 Å². The van der Waals surface area contributed by atoms with E-state index in [-0.39, 0.29) is 16.0 Å². The summed E-state index contributed by atoms with van der Waals surface area (Å²) in [6.45, 7) is 2.30. The Balaban J connectivity index is 1.95. The molecule has 0 aliphatic carbocycles. The monoisotopic (exact) mass is 378 g/mol. The third-order valence-electron chi connectivity index (χ3n) is 3.32. The molecule has 2 aromatic rings. The minimum absolute atomic E-state index is 0.0263. The molecule has 138 valence electrons. The highest BCUT2D eigenvalue weighted by Crippen LogP contribution is 2.14. The fourth-order valence-electron chi connectivity index (χ4n) is 1.89. The van der Waals surface area contributed by atoms with Gasteiger partial charge in [-0.2, -0.15) is 8.42 Å². The first-order valence-corrected chi connectivity index (χ1v) is 9.32. The SMILES string of the molecule is CCCCOC(=O)c1ccc(C(=O)OOS(=O)(=O)c2ccccc2)cc1. The van der Waals surface area contributed by atoms with E-state index in [9.17, 15) is 18.0 Å². The van der Waals surface area contributed by atoms with Crippen LogP contribution in [-0.2, 0) is 24.1 Å². The summed E-state index contributed by atoms with van der Waals surface area (Å²) in [6.07, 6.45) is 1.67. The van der Waals surface area contributed by atoms with E-state index >= 15 is 0 Å². The highest BCUT2D eigenvalue weighted by Gasteiger charge is 2.20. The van der Waals surface area contributed by atoms with Crippen molar-refractivity contribution in [3.63, 3.8) is 0 Å². The number of rotatable bonds is 8. The van der Waals surface area contributed by atoms with Crippen LogP contribution < -0.4 is 0 Å². The summed E-state index contributed by atoms with van der Waals surface area (Å²) in [4.78, 5) is 27.9. The summed E-state index contributed by atoms with van der Waals surface area (Å²) >= 11 is 0.